The normalized spacial score (nSPS) is 22.1. The molecule has 1 aliphatic carbocycles. The van der Waals surface area contributed by atoms with Crippen molar-refractivity contribution >= 4 is 12.3 Å². The molecule has 0 bridgehead atoms. The first-order valence-electron chi connectivity index (χ1n) is 10.4. The van der Waals surface area contributed by atoms with Crippen LogP contribution in [0.2, 0.25) is 0 Å². The van der Waals surface area contributed by atoms with Crippen LogP contribution in [-0.2, 0) is 12.7 Å². The molecule has 0 spiro atoms. The van der Waals surface area contributed by atoms with E-state index in [9.17, 15) is 0 Å². The van der Waals surface area contributed by atoms with Gasteiger partial charge in [0.15, 0.2) is 6.71 Å². The number of hydrogen-bond donors (Lipinski definition) is 1. The van der Waals surface area contributed by atoms with E-state index in [1.54, 1.807) is 5.56 Å². The van der Waals surface area contributed by atoms with Gasteiger partial charge in [0.05, 0.1) is 0 Å². The molecule has 0 saturated heterocycles. The Labute approximate surface area is 155 Å². The van der Waals surface area contributed by atoms with Gasteiger partial charge in [0, 0.05) is 5.94 Å². The second kappa shape index (κ2) is 8.30. The molecule has 2 heterocycles. The topological polar surface area (TPSA) is 12.0 Å². The van der Waals surface area contributed by atoms with Gasteiger partial charge >= 0.3 is 0 Å². The molecule has 2 aliphatic heterocycles. The van der Waals surface area contributed by atoms with Crippen LogP contribution in [0, 0.1) is 5.92 Å². The highest BCUT2D eigenvalue weighted by Crippen LogP contribution is 2.34. The van der Waals surface area contributed by atoms with Gasteiger partial charge in [-0.1, -0.05) is 82.3 Å². The Morgan fingerprint density at radius 2 is 1.96 bits per heavy atom. The van der Waals surface area contributed by atoms with Crippen LogP contribution in [0.5, 0.6) is 0 Å². The van der Waals surface area contributed by atoms with E-state index in [-0.39, 0.29) is 0 Å². The molecule has 1 unspecified atom stereocenters. The Morgan fingerprint density at radius 1 is 1.20 bits per heavy atom. The Morgan fingerprint density at radius 3 is 2.68 bits per heavy atom. The van der Waals surface area contributed by atoms with Crippen LogP contribution in [0.1, 0.15) is 76.0 Å². The fourth-order valence-electron chi connectivity index (χ4n) is 4.94. The summed E-state index contributed by atoms with van der Waals surface area (Å²) in [5, 5.41) is 3.87. The van der Waals surface area contributed by atoms with Crippen molar-refractivity contribution in [3.8, 4) is 0 Å². The molecule has 25 heavy (non-hydrogen) atoms. The van der Waals surface area contributed by atoms with E-state index in [1.807, 2.05) is 13.8 Å². The largest absolute Gasteiger partial charge is 0.393 e. The Balaban J connectivity index is 0.000000880. The number of benzene rings is 1. The van der Waals surface area contributed by atoms with E-state index in [0.29, 0.717) is 12.7 Å². The second-order valence-corrected chi connectivity index (χ2v) is 7.95. The minimum Gasteiger partial charge on any atom is -0.393 e. The van der Waals surface area contributed by atoms with Crippen molar-refractivity contribution in [3.63, 3.8) is 0 Å². The molecule has 0 amide bonds. The van der Waals surface area contributed by atoms with Gasteiger partial charge in [-0.05, 0) is 54.4 Å². The maximum absolute atomic E-state index is 4.18. The first-order valence-corrected chi connectivity index (χ1v) is 10.4. The molecule has 1 fully saturated rings. The second-order valence-electron chi connectivity index (χ2n) is 7.95. The predicted octanol–water partition coefficient (Wildman–Crippen LogP) is 5.78. The van der Waals surface area contributed by atoms with Crippen molar-refractivity contribution in [2.24, 2.45) is 5.92 Å². The van der Waals surface area contributed by atoms with Crippen molar-refractivity contribution < 1.29 is 0 Å². The molecule has 1 N–H and O–H groups in total. The van der Waals surface area contributed by atoms with Crippen molar-refractivity contribution in [1.29, 1.82) is 0 Å². The van der Waals surface area contributed by atoms with Crippen LogP contribution in [0.15, 0.2) is 36.5 Å². The standard InChI is InChI=1S/C21H28BN.C2H6/c1-15(2)19-10-6-9-17-12-21-22(14-20(17)19)13-18(23-21)11-16-7-4-3-5-8-16;1-2/h6,9-10,13,16,21,23H,1,3-5,7-8,11-12,14H2,2H3;1-2H3. The molecule has 1 nitrogen and oxygen atoms in total. The van der Waals surface area contributed by atoms with E-state index < -0.39 is 0 Å². The summed E-state index contributed by atoms with van der Waals surface area (Å²) in [5.74, 6) is 4.12. The van der Waals surface area contributed by atoms with Gasteiger partial charge < -0.3 is 5.32 Å². The van der Waals surface area contributed by atoms with Crippen molar-refractivity contribution in [3.05, 3.63) is 53.1 Å². The summed E-state index contributed by atoms with van der Waals surface area (Å²) >= 11 is 0. The van der Waals surface area contributed by atoms with Crippen molar-refractivity contribution in [1.82, 2.24) is 5.32 Å². The third kappa shape index (κ3) is 4.05. The van der Waals surface area contributed by atoms with Crippen LogP contribution in [-0.4, -0.2) is 12.7 Å². The number of nitrogens with one attached hydrogen (secondary N) is 1. The monoisotopic (exact) mass is 335 g/mol. The molecule has 1 aromatic rings. The lowest BCUT2D eigenvalue weighted by molar-refractivity contribution is 0.351. The first-order chi connectivity index (χ1) is 12.2. The maximum Gasteiger partial charge on any atom is 0.199 e. The van der Waals surface area contributed by atoms with Crippen LogP contribution in [0.3, 0.4) is 0 Å². The predicted molar refractivity (Wildman–Crippen MR) is 112 cm³/mol. The lowest BCUT2D eigenvalue weighted by Gasteiger charge is -2.28. The number of allylic oxidation sites excluding steroid dienone is 2. The lowest BCUT2D eigenvalue weighted by Crippen LogP contribution is -2.42. The smallest absolute Gasteiger partial charge is 0.199 e. The molecule has 1 aromatic carbocycles. The van der Waals surface area contributed by atoms with E-state index in [1.165, 1.54) is 73.7 Å². The van der Waals surface area contributed by atoms with Crippen molar-refractivity contribution in [2.75, 3.05) is 0 Å². The van der Waals surface area contributed by atoms with Gasteiger partial charge in [-0.2, -0.15) is 0 Å². The first kappa shape index (κ1) is 18.4. The zero-order valence-electron chi connectivity index (χ0n) is 16.4. The molecule has 0 aromatic heterocycles. The minimum absolute atomic E-state index is 0.626. The molecule has 0 radical (unpaired) electrons. The average molecular weight is 335 g/mol. The van der Waals surface area contributed by atoms with Gasteiger partial charge in [-0.3, -0.25) is 0 Å². The quantitative estimate of drug-likeness (QED) is 0.690. The SMILES string of the molecule is C=C(C)c1cccc2c1CB1C=C(CC3CCCCC3)NC1C2.CC. The summed E-state index contributed by atoms with van der Waals surface area (Å²) in [7, 11) is 0. The molecule has 2 heteroatoms. The number of fused-ring (bicyclic) bond motifs is 2. The summed E-state index contributed by atoms with van der Waals surface area (Å²) in [4.78, 5) is 0. The highest BCUT2D eigenvalue weighted by atomic mass is 14.9. The van der Waals surface area contributed by atoms with Gasteiger partial charge in [-0.15, -0.1) is 0 Å². The summed E-state index contributed by atoms with van der Waals surface area (Å²) in [6.45, 7) is 11.0. The van der Waals surface area contributed by atoms with E-state index in [4.69, 9.17) is 0 Å². The fraction of sp³-hybridized carbons (Fsp3) is 0.565. The highest BCUT2D eigenvalue weighted by molar-refractivity contribution is 6.67. The third-order valence-corrected chi connectivity index (χ3v) is 6.15. The van der Waals surface area contributed by atoms with Gasteiger partial charge in [0.1, 0.15) is 0 Å². The van der Waals surface area contributed by atoms with E-state index >= 15 is 0 Å². The molecular weight excluding hydrogens is 301 g/mol. The summed E-state index contributed by atoms with van der Waals surface area (Å²) in [6, 6.07) is 6.77. The number of hydrogen-bond acceptors (Lipinski definition) is 1. The van der Waals surface area contributed by atoms with Crippen molar-refractivity contribution in [2.45, 2.75) is 78.0 Å². The van der Waals surface area contributed by atoms with Gasteiger partial charge in [0.25, 0.3) is 0 Å². The zero-order chi connectivity index (χ0) is 17.8. The van der Waals surface area contributed by atoms with E-state index in [0.717, 1.165) is 5.92 Å². The van der Waals surface area contributed by atoms with E-state index in [2.05, 4.69) is 43.0 Å². The molecule has 1 atom stereocenters. The van der Waals surface area contributed by atoms with Crippen LogP contribution >= 0.6 is 0 Å². The van der Waals surface area contributed by atoms with Gasteiger partial charge in [-0.25, -0.2) is 0 Å². The average Bonchev–Trinajstić information content (AvgIpc) is 3.02. The lowest BCUT2D eigenvalue weighted by atomic mass is 9.39. The van der Waals surface area contributed by atoms with Gasteiger partial charge in [0.2, 0.25) is 0 Å². The Hall–Kier alpha value is -1.44. The maximum atomic E-state index is 4.18. The summed E-state index contributed by atoms with van der Waals surface area (Å²) in [6.07, 6.45) is 10.9. The number of rotatable bonds is 3. The Kier molecular flexibility index (Phi) is 6.09. The molecule has 3 aliphatic rings. The molecule has 4 rings (SSSR count). The molecular formula is C23H34BN. The molecule has 1 saturated carbocycles. The zero-order valence-corrected chi connectivity index (χ0v) is 16.4. The minimum atomic E-state index is 0.626. The third-order valence-electron chi connectivity index (χ3n) is 6.15. The van der Waals surface area contributed by atoms with Crippen LogP contribution in [0.25, 0.3) is 5.57 Å². The summed E-state index contributed by atoms with van der Waals surface area (Å²) < 4.78 is 0. The Bertz CT molecular complexity index is 639. The summed E-state index contributed by atoms with van der Waals surface area (Å²) in [5.41, 5.74) is 7.22. The fourth-order valence-corrected chi connectivity index (χ4v) is 4.94. The van der Waals surface area contributed by atoms with Crippen LogP contribution < -0.4 is 5.32 Å². The van der Waals surface area contributed by atoms with Crippen LogP contribution in [0.4, 0.5) is 0 Å². The highest BCUT2D eigenvalue weighted by Gasteiger charge is 2.36. The molecule has 134 valence electrons.